The maximum Gasteiger partial charge on any atom is 0.417 e. The number of hydrogen-bond acceptors (Lipinski definition) is 5. The van der Waals surface area contributed by atoms with Crippen molar-refractivity contribution in [1.82, 2.24) is 4.90 Å². The Morgan fingerprint density at radius 1 is 1.30 bits per heavy atom. The van der Waals surface area contributed by atoms with Crippen LogP contribution in [-0.4, -0.2) is 41.5 Å². The van der Waals surface area contributed by atoms with Gasteiger partial charge in [-0.3, -0.25) is 4.79 Å². The van der Waals surface area contributed by atoms with Crippen LogP contribution in [0.25, 0.3) is 5.70 Å². The van der Waals surface area contributed by atoms with E-state index in [1.165, 1.54) is 12.0 Å². The average molecular weight is 317 g/mol. The van der Waals surface area contributed by atoms with Crippen molar-refractivity contribution in [1.29, 1.82) is 0 Å². The van der Waals surface area contributed by atoms with Crippen LogP contribution < -0.4 is 0 Å². The van der Waals surface area contributed by atoms with Crippen molar-refractivity contribution in [2.24, 2.45) is 11.3 Å². The van der Waals surface area contributed by atoms with Gasteiger partial charge >= 0.3 is 12.1 Å². The second-order valence-corrected chi connectivity index (χ2v) is 6.29. The van der Waals surface area contributed by atoms with E-state index in [4.69, 9.17) is 9.47 Å². The summed E-state index contributed by atoms with van der Waals surface area (Å²) < 4.78 is 10.2. The van der Waals surface area contributed by atoms with Gasteiger partial charge in [0.05, 0.1) is 18.2 Å². The highest BCUT2D eigenvalue weighted by Gasteiger charge is 2.56. The molecule has 1 amide bonds. The van der Waals surface area contributed by atoms with Gasteiger partial charge in [-0.2, -0.15) is 0 Å². The number of fused-ring (bicyclic) bond motifs is 2. The molecule has 3 rings (SSSR count). The number of rotatable bonds is 1. The Bertz CT molecular complexity index is 667. The van der Waals surface area contributed by atoms with Gasteiger partial charge in [0, 0.05) is 5.92 Å². The van der Waals surface area contributed by atoms with Gasteiger partial charge < -0.3 is 14.6 Å². The lowest BCUT2D eigenvalue weighted by molar-refractivity contribution is -0.205. The van der Waals surface area contributed by atoms with Gasteiger partial charge in [-0.1, -0.05) is 36.4 Å². The molecule has 0 radical (unpaired) electrons. The molecule has 1 saturated heterocycles. The van der Waals surface area contributed by atoms with E-state index in [0.717, 1.165) is 5.56 Å². The molecule has 6 heteroatoms. The lowest BCUT2D eigenvalue weighted by atomic mass is 9.71. The molecule has 0 spiro atoms. The molecule has 122 valence electrons. The van der Waals surface area contributed by atoms with Gasteiger partial charge in [-0.05, 0) is 19.4 Å². The van der Waals surface area contributed by atoms with Crippen LogP contribution in [0.1, 0.15) is 19.4 Å². The summed E-state index contributed by atoms with van der Waals surface area (Å²) >= 11 is 0. The normalized spacial score (nSPS) is 28.7. The molecule has 0 saturated carbocycles. The topological polar surface area (TPSA) is 76.1 Å². The second kappa shape index (κ2) is 5.38. The number of esters is 1. The van der Waals surface area contributed by atoms with E-state index in [1.807, 2.05) is 30.3 Å². The van der Waals surface area contributed by atoms with Gasteiger partial charge in [0.25, 0.3) is 0 Å². The Balaban J connectivity index is 2.17. The SMILES string of the molecule is COC(=O)N1C(c2ccccc2)=C[C@H]2[C@@H](O)[C@@H]1OC(=O)C2(C)C. The summed E-state index contributed by atoms with van der Waals surface area (Å²) in [4.78, 5) is 25.7. The molecule has 0 aliphatic carbocycles. The molecular weight excluding hydrogens is 298 g/mol. The maximum atomic E-state index is 12.2. The van der Waals surface area contributed by atoms with Gasteiger partial charge in [-0.25, -0.2) is 9.69 Å². The van der Waals surface area contributed by atoms with Gasteiger partial charge in [-0.15, -0.1) is 0 Å². The van der Waals surface area contributed by atoms with Crippen molar-refractivity contribution in [3.05, 3.63) is 42.0 Å². The van der Waals surface area contributed by atoms with Crippen LogP contribution in [0, 0.1) is 11.3 Å². The van der Waals surface area contributed by atoms with E-state index in [0.29, 0.717) is 5.70 Å². The quantitative estimate of drug-likeness (QED) is 0.802. The molecule has 1 N–H and O–H groups in total. The number of methoxy groups -OCH3 is 1. The molecule has 2 aliphatic rings. The predicted octanol–water partition coefficient (Wildman–Crippen LogP) is 2.00. The third kappa shape index (κ3) is 2.30. The fourth-order valence-corrected chi connectivity index (χ4v) is 3.12. The minimum Gasteiger partial charge on any atom is -0.452 e. The van der Waals surface area contributed by atoms with E-state index in [1.54, 1.807) is 19.9 Å². The van der Waals surface area contributed by atoms with Crippen LogP contribution >= 0.6 is 0 Å². The molecule has 1 aromatic rings. The van der Waals surface area contributed by atoms with Gasteiger partial charge in [0.2, 0.25) is 6.23 Å². The van der Waals surface area contributed by atoms with Crippen molar-refractivity contribution in [3.63, 3.8) is 0 Å². The molecule has 1 aromatic carbocycles. The fourth-order valence-electron chi connectivity index (χ4n) is 3.12. The van der Waals surface area contributed by atoms with Crippen molar-refractivity contribution in [2.75, 3.05) is 7.11 Å². The van der Waals surface area contributed by atoms with E-state index in [2.05, 4.69) is 0 Å². The van der Waals surface area contributed by atoms with Gasteiger partial charge in [0.15, 0.2) is 0 Å². The standard InChI is InChI=1S/C17H19NO5/c1-17(2)11-9-12(10-7-5-4-6-8-10)18(16(21)22-3)14(13(11)19)23-15(17)20/h4-9,11,13-14,19H,1-3H3/t11-,13+,14-/m0/s1. The highest BCUT2D eigenvalue weighted by molar-refractivity contribution is 5.86. The Labute approximate surface area is 134 Å². The van der Waals surface area contributed by atoms with Crippen molar-refractivity contribution in [2.45, 2.75) is 26.2 Å². The third-order valence-corrected chi connectivity index (χ3v) is 4.54. The number of carbonyl (C=O) groups is 2. The number of carbonyl (C=O) groups excluding carboxylic acids is 2. The summed E-state index contributed by atoms with van der Waals surface area (Å²) in [6.07, 6.45) is -1.02. The van der Waals surface area contributed by atoms with E-state index < -0.39 is 35.7 Å². The Kier molecular flexibility index (Phi) is 3.64. The number of hydrogen-bond donors (Lipinski definition) is 1. The average Bonchev–Trinajstić information content (AvgIpc) is 2.54. The number of aliphatic hydroxyl groups is 1. The van der Waals surface area contributed by atoms with Crippen LogP contribution in [0.3, 0.4) is 0 Å². The lowest BCUT2D eigenvalue weighted by Gasteiger charge is -2.49. The summed E-state index contributed by atoms with van der Waals surface area (Å²) in [5.41, 5.74) is 0.477. The molecule has 6 nitrogen and oxygen atoms in total. The lowest BCUT2D eigenvalue weighted by Crippen LogP contribution is -2.62. The molecule has 2 aliphatic heterocycles. The number of amides is 1. The zero-order chi connectivity index (χ0) is 16.8. The minimum absolute atomic E-state index is 0.449. The highest BCUT2D eigenvalue weighted by Crippen LogP contribution is 2.45. The molecule has 0 aromatic heterocycles. The van der Waals surface area contributed by atoms with Gasteiger partial charge in [0.1, 0.15) is 6.10 Å². The molecule has 0 unspecified atom stereocenters. The Hall–Kier alpha value is -2.34. The molecule has 2 bridgehead atoms. The number of ether oxygens (including phenoxy) is 2. The largest absolute Gasteiger partial charge is 0.452 e. The number of benzene rings is 1. The predicted molar refractivity (Wildman–Crippen MR) is 81.8 cm³/mol. The molecule has 3 atom stereocenters. The summed E-state index contributed by atoms with van der Waals surface area (Å²) in [5, 5.41) is 10.6. The first-order chi connectivity index (χ1) is 10.9. The first-order valence-electron chi connectivity index (χ1n) is 7.41. The third-order valence-electron chi connectivity index (χ3n) is 4.54. The first kappa shape index (κ1) is 15.6. The van der Waals surface area contributed by atoms with Crippen LogP contribution in [-0.2, 0) is 14.3 Å². The maximum absolute atomic E-state index is 12.2. The zero-order valence-electron chi connectivity index (χ0n) is 13.2. The highest BCUT2D eigenvalue weighted by atomic mass is 16.6. The van der Waals surface area contributed by atoms with Crippen molar-refractivity contribution < 1.29 is 24.2 Å². The number of aliphatic hydroxyl groups excluding tert-OH is 1. The van der Waals surface area contributed by atoms with Crippen LogP contribution in [0.2, 0.25) is 0 Å². The van der Waals surface area contributed by atoms with Crippen molar-refractivity contribution in [3.8, 4) is 0 Å². The van der Waals surface area contributed by atoms with E-state index in [-0.39, 0.29) is 0 Å². The molecule has 2 heterocycles. The Morgan fingerprint density at radius 3 is 2.57 bits per heavy atom. The molecule has 1 fully saturated rings. The van der Waals surface area contributed by atoms with Crippen LogP contribution in [0.4, 0.5) is 4.79 Å². The molecular formula is C17H19NO5. The smallest absolute Gasteiger partial charge is 0.417 e. The van der Waals surface area contributed by atoms with Crippen LogP contribution in [0.5, 0.6) is 0 Å². The summed E-state index contributed by atoms with van der Waals surface area (Å²) in [5.74, 6) is -0.903. The summed E-state index contributed by atoms with van der Waals surface area (Å²) in [6.45, 7) is 3.46. The van der Waals surface area contributed by atoms with E-state index in [9.17, 15) is 14.7 Å². The Morgan fingerprint density at radius 2 is 1.96 bits per heavy atom. The minimum atomic E-state index is -1.09. The van der Waals surface area contributed by atoms with Crippen molar-refractivity contribution >= 4 is 17.8 Å². The van der Waals surface area contributed by atoms with Crippen LogP contribution in [0.15, 0.2) is 36.4 Å². The number of nitrogens with zero attached hydrogens (tertiary/aromatic N) is 1. The summed E-state index contributed by atoms with van der Waals surface area (Å²) in [7, 11) is 1.25. The zero-order valence-corrected chi connectivity index (χ0v) is 13.2. The second-order valence-electron chi connectivity index (χ2n) is 6.29. The monoisotopic (exact) mass is 317 g/mol. The summed E-state index contributed by atoms with van der Waals surface area (Å²) in [6, 6.07) is 9.27. The molecule has 23 heavy (non-hydrogen) atoms. The van der Waals surface area contributed by atoms with E-state index >= 15 is 0 Å². The first-order valence-corrected chi connectivity index (χ1v) is 7.41. The fraction of sp³-hybridized carbons (Fsp3) is 0.412.